The molecule has 0 radical (unpaired) electrons. The highest BCUT2D eigenvalue weighted by atomic mass is 16.2. The van der Waals surface area contributed by atoms with Crippen LogP contribution in [0.2, 0.25) is 0 Å². The van der Waals surface area contributed by atoms with Gasteiger partial charge in [-0.3, -0.25) is 0 Å². The number of nitrogens with zero attached hydrogens (tertiary/aromatic N) is 3. The van der Waals surface area contributed by atoms with E-state index >= 15 is 0 Å². The third-order valence-corrected chi connectivity index (χ3v) is 5.89. The molecule has 1 fully saturated rings. The normalized spacial score (nSPS) is 17.2. The number of aryl methyl sites for hydroxylation is 1. The number of carbonyl (C=O) groups is 1. The Morgan fingerprint density at radius 3 is 2.96 bits per heavy atom. The van der Waals surface area contributed by atoms with Gasteiger partial charge in [0, 0.05) is 30.3 Å². The molecule has 0 saturated heterocycles. The van der Waals surface area contributed by atoms with Crippen molar-refractivity contribution in [3.8, 4) is 11.4 Å². The van der Waals surface area contributed by atoms with Crippen molar-refractivity contribution in [2.75, 3.05) is 5.32 Å². The van der Waals surface area contributed by atoms with Crippen LogP contribution in [-0.4, -0.2) is 26.8 Å². The average Bonchev–Trinajstić information content (AvgIpc) is 3.21. The molecule has 6 nitrogen and oxygen atoms in total. The molecular formula is C21H29N5O. The minimum Gasteiger partial charge on any atom is -0.335 e. The van der Waals surface area contributed by atoms with Crippen molar-refractivity contribution in [3.63, 3.8) is 0 Å². The first-order valence-electron chi connectivity index (χ1n) is 10.3. The van der Waals surface area contributed by atoms with Crippen molar-refractivity contribution in [1.29, 1.82) is 0 Å². The Kier molecular flexibility index (Phi) is 5.41. The maximum Gasteiger partial charge on any atom is 0.319 e. The SMILES string of the molecule is CCCC[C@H](NC(=O)Nc1cccc(-c2nnc3n2CCC3)c1)C1CCC1. The summed E-state index contributed by atoms with van der Waals surface area (Å²) in [4.78, 5) is 12.6. The summed E-state index contributed by atoms with van der Waals surface area (Å²) in [5, 5.41) is 14.8. The summed E-state index contributed by atoms with van der Waals surface area (Å²) >= 11 is 0. The van der Waals surface area contributed by atoms with Gasteiger partial charge in [0.25, 0.3) is 0 Å². The standard InChI is InChI=1S/C21H29N5O/c1-2-3-11-18(15-7-4-8-15)23-21(27)22-17-10-5-9-16(14-17)20-25-24-19-12-6-13-26(19)20/h5,9-10,14-15,18H,2-4,6-8,11-13H2,1H3,(H2,22,23,27)/t18-/m0/s1. The summed E-state index contributed by atoms with van der Waals surface area (Å²) in [7, 11) is 0. The lowest BCUT2D eigenvalue weighted by molar-refractivity contribution is 0.207. The molecular weight excluding hydrogens is 338 g/mol. The molecule has 27 heavy (non-hydrogen) atoms. The minimum atomic E-state index is -0.105. The molecule has 1 atom stereocenters. The van der Waals surface area contributed by atoms with Gasteiger partial charge in [-0.25, -0.2) is 4.79 Å². The van der Waals surface area contributed by atoms with E-state index < -0.39 is 0 Å². The molecule has 1 aromatic heterocycles. The van der Waals surface area contributed by atoms with Crippen LogP contribution in [0.1, 0.15) is 57.7 Å². The quantitative estimate of drug-likeness (QED) is 0.763. The van der Waals surface area contributed by atoms with Crippen LogP contribution in [0.25, 0.3) is 11.4 Å². The van der Waals surface area contributed by atoms with Gasteiger partial charge in [0.1, 0.15) is 5.82 Å². The van der Waals surface area contributed by atoms with Gasteiger partial charge in [0.15, 0.2) is 5.82 Å². The Labute approximate surface area is 160 Å². The summed E-state index contributed by atoms with van der Waals surface area (Å²) in [6, 6.07) is 8.08. The summed E-state index contributed by atoms with van der Waals surface area (Å²) in [5.74, 6) is 2.59. The smallest absolute Gasteiger partial charge is 0.319 e. The molecule has 0 unspecified atom stereocenters. The zero-order valence-corrected chi connectivity index (χ0v) is 16.1. The zero-order chi connectivity index (χ0) is 18.6. The Morgan fingerprint density at radius 1 is 1.30 bits per heavy atom. The largest absolute Gasteiger partial charge is 0.335 e. The third kappa shape index (κ3) is 3.99. The Bertz CT molecular complexity index is 796. The number of anilines is 1. The van der Waals surface area contributed by atoms with Gasteiger partial charge in [-0.05, 0) is 43.7 Å². The first kappa shape index (κ1) is 18.0. The predicted octanol–water partition coefficient (Wildman–Crippen LogP) is 4.37. The number of hydrogen-bond acceptors (Lipinski definition) is 3. The van der Waals surface area contributed by atoms with Crippen LogP contribution in [0.5, 0.6) is 0 Å². The van der Waals surface area contributed by atoms with E-state index in [1.54, 1.807) is 0 Å². The number of aromatic nitrogens is 3. The van der Waals surface area contributed by atoms with E-state index in [0.717, 1.165) is 61.5 Å². The highest BCUT2D eigenvalue weighted by molar-refractivity contribution is 5.90. The number of benzene rings is 1. The van der Waals surface area contributed by atoms with Crippen LogP contribution in [0.15, 0.2) is 24.3 Å². The molecule has 2 N–H and O–H groups in total. The molecule has 4 rings (SSSR count). The van der Waals surface area contributed by atoms with Crippen molar-refractivity contribution in [2.45, 2.75) is 70.9 Å². The molecule has 2 heterocycles. The maximum atomic E-state index is 12.6. The fourth-order valence-corrected chi connectivity index (χ4v) is 4.13. The van der Waals surface area contributed by atoms with E-state index in [0.29, 0.717) is 12.0 Å². The lowest BCUT2D eigenvalue weighted by Gasteiger charge is -2.34. The number of fused-ring (bicyclic) bond motifs is 1. The first-order valence-corrected chi connectivity index (χ1v) is 10.3. The zero-order valence-electron chi connectivity index (χ0n) is 16.1. The fourth-order valence-electron chi connectivity index (χ4n) is 4.13. The summed E-state index contributed by atoms with van der Waals surface area (Å²) < 4.78 is 2.18. The number of rotatable bonds is 7. The number of unbranched alkanes of at least 4 members (excludes halogenated alkanes) is 1. The monoisotopic (exact) mass is 367 g/mol. The second-order valence-corrected chi connectivity index (χ2v) is 7.81. The molecule has 1 aromatic carbocycles. The Morgan fingerprint density at radius 2 is 2.19 bits per heavy atom. The molecule has 1 saturated carbocycles. The highest BCUT2D eigenvalue weighted by Gasteiger charge is 2.28. The molecule has 1 aliphatic heterocycles. The van der Waals surface area contributed by atoms with Gasteiger partial charge in [0.05, 0.1) is 0 Å². The number of urea groups is 1. The van der Waals surface area contributed by atoms with Crippen molar-refractivity contribution < 1.29 is 4.79 Å². The van der Waals surface area contributed by atoms with Crippen LogP contribution < -0.4 is 10.6 Å². The van der Waals surface area contributed by atoms with E-state index in [1.807, 2.05) is 24.3 Å². The van der Waals surface area contributed by atoms with E-state index in [4.69, 9.17) is 0 Å². The van der Waals surface area contributed by atoms with E-state index in [9.17, 15) is 4.79 Å². The lowest BCUT2D eigenvalue weighted by atomic mass is 9.78. The molecule has 144 valence electrons. The van der Waals surface area contributed by atoms with E-state index in [2.05, 4.69) is 32.3 Å². The van der Waals surface area contributed by atoms with Crippen molar-refractivity contribution in [2.24, 2.45) is 5.92 Å². The molecule has 0 bridgehead atoms. The van der Waals surface area contributed by atoms with Crippen LogP contribution >= 0.6 is 0 Å². The number of hydrogen-bond donors (Lipinski definition) is 2. The van der Waals surface area contributed by atoms with Crippen LogP contribution in [0, 0.1) is 5.92 Å². The highest BCUT2D eigenvalue weighted by Crippen LogP contribution is 2.32. The number of carbonyl (C=O) groups excluding carboxylic acids is 1. The fraction of sp³-hybridized carbons (Fsp3) is 0.571. The summed E-state index contributed by atoms with van der Waals surface area (Å²) in [5.41, 5.74) is 1.79. The van der Waals surface area contributed by atoms with Gasteiger partial charge >= 0.3 is 6.03 Å². The van der Waals surface area contributed by atoms with Crippen LogP contribution in [0.3, 0.4) is 0 Å². The molecule has 1 aliphatic carbocycles. The molecule has 2 aliphatic rings. The van der Waals surface area contributed by atoms with Crippen molar-refractivity contribution >= 4 is 11.7 Å². The molecule has 2 aromatic rings. The third-order valence-electron chi connectivity index (χ3n) is 5.89. The van der Waals surface area contributed by atoms with Crippen LogP contribution in [0.4, 0.5) is 10.5 Å². The summed E-state index contributed by atoms with van der Waals surface area (Å²) in [6.07, 6.45) is 9.28. The van der Waals surface area contributed by atoms with Gasteiger partial charge < -0.3 is 15.2 Å². The second kappa shape index (κ2) is 8.11. The van der Waals surface area contributed by atoms with Crippen LogP contribution in [-0.2, 0) is 13.0 Å². The topological polar surface area (TPSA) is 71.8 Å². The number of amides is 2. The van der Waals surface area contributed by atoms with Crippen molar-refractivity contribution in [3.05, 3.63) is 30.1 Å². The van der Waals surface area contributed by atoms with Crippen molar-refractivity contribution in [1.82, 2.24) is 20.1 Å². The Hall–Kier alpha value is -2.37. The minimum absolute atomic E-state index is 0.105. The van der Waals surface area contributed by atoms with Gasteiger partial charge in [-0.15, -0.1) is 10.2 Å². The number of nitrogens with one attached hydrogen (secondary N) is 2. The maximum absolute atomic E-state index is 12.6. The summed E-state index contributed by atoms with van der Waals surface area (Å²) in [6.45, 7) is 3.17. The lowest BCUT2D eigenvalue weighted by Crippen LogP contribution is -2.44. The predicted molar refractivity (Wildman–Crippen MR) is 107 cm³/mol. The average molecular weight is 367 g/mol. The molecule has 0 spiro atoms. The van der Waals surface area contributed by atoms with Gasteiger partial charge in [0.2, 0.25) is 0 Å². The Balaban J connectivity index is 1.42. The van der Waals surface area contributed by atoms with E-state index in [-0.39, 0.29) is 6.03 Å². The second-order valence-electron chi connectivity index (χ2n) is 7.81. The first-order chi connectivity index (χ1) is 13.2. The van der Waals surface area contributed by atoms with E-state index in [1.165, 1.54) is 19.3 Å². The molecule has 2 amide bonds. The molecule has 6 heteroatoms. The van der Waals surface area contributed by atoms with Gasteiger partial charge in [-0.1, -0.05) is 38.3 Å². The van der Waals surface area contributed by atoms with Gasteiger partial charge in [-0.2, -0.15) is 0 Å².